The van der Waals surface area contributed by atoms with Crippen molar-refractivity contribution in [2.75, 3.05) is 5.32 Å². The fraction of sp³-hybridized carbons (Fsp3) is 0.0455. The van der Waals surface area contributed by atoms with Gasteiger partial charge in [0, 0.05) is 29.9 Å². The summed E-state index contributed by atoms with van der Waals surface area (Å²) in [7, 11) is 0. The van der Waals surface area contributed by atoms with Gasteiger partial charge in [-0.2, -0.15) is 9.97 Å². The van der Waals surface area contributed by atoms with Crippen molar-refractivity contribution >= 4 is 17.7 Å². The highest BCUT2D eigenvalue weighted by Crippen LogP contribution is 2.24. The van der Waals surface area contributed by atoms with E-state index in [0.29, 0.717) is 35.3 Å². The zero-order valence-electron chi connectivity index (χ0n) is 15.8. The van der Waals surface area contributed by atoms with Crippen LogP contribution >= 0.6 is 0 Å². The van der Waals surface area contributed by atoms with E-state index in [4.69, 9.17) is 0 Å². The standard InChI is InChI=1S/C22H18N6O2/c29-17-10-9-15(19(30)13-17)5-4-8-20-26-21(18-11-12-23-14-24-18)28-22(27-20)25-16-6-2-1-3-7-16/h1-7,9-14,29-30H,8H2,(H,25,26,27,28)/b5-4+. The molecule has 0 spiro atoms. The molecule has 0 amide bonds. The Morgan fingerprint density at radius 2 is 1.80 bits per heavy atom. The third-order valence-electron chi connectivity index (χ3n) is 4.13. The molecular weight excluding hydrogens is 380 g/mol. The minimum atomic E-state index is -0.00463. The van der Waals surface area contributed by atoms with Crippen molar-refractivity contribution in [3.63, 3.8) is 0 Å². The molecule has 2 heterocycles. The van der Waals surface area contributed by atoms with Crippen LogP contribution in [-0.4, -0.2) is 35.1 Å². The molecule has 0 bridgehead atoms. The second-order valence-corrected chi connectivity index (χ2v) is 6.33. The summed E-state index contributed by atoms with van der Waals surface area (Å²) in [5.41, 5.74) is 2.03. The van der Waals surface area contributed by atoms with Gasteiger partial charge in [-0.15, -0.1) is 0 Å². The van der Waals surface area contributed by atoms with Gasteiger partial charge in [-0.1, -0.05) is 30.4 Å². The number of hydrogen-bond acceptors (Lipinski definition) is 8. The van der Waals surface area contributed by atoms with Crippen LogP contribution in [0.15, 0.2) is 73.2 Å². The molecule has 2 aromatic carbocycles. The summed E-state index contributed by atoms with van der Waals surface area (Å²) in [6.45, 7) is 0. The Morgan fingerprint density at radius 1 is 0.933 bits per heavy atom. The zero-order valence-corrected chi connectivity index (χ0v) is 15.8. The molecule has 4 rings (SSSR count). The second kappa shape index (κ2) is 8.78. The Balaban J connectivity index is 1.62. The maximum Gasteiger partial charge on any atom is 0.231 e. The lowest BCUT2D eigenvalue weighted by atomic mass is 10.1. The third kappa shape index (κ3) is 4.74. The number of anilines is 2. The van der Waals surface area contributed by atoms with Gasteiger partial charge in [-0.3, -0.25) is 0 Å². The number of aromatic hydroxyl groups is 2. The van der Waals surface area contributed by atoms with Crippen LogP contribution in [0.5, 0.6) is 11.5 Å². The number of rotatable bonds is 6. The minimum Gasteiger partial charge on any atom is -0.508 e. The predicted octanol–water partition coefficient (Wildman–Crippen LogP) is 3.74. The van der Waals surface area contributed by atoms with Crippen LogP contribution < -0.4 is 5.32 Å². The summed E-state index contributed by atoms with van der Waals surface area (Å²) in [5.74, 6) is 1.37. The van der Waals surface area contributed by atoms with E-state index >= 15 is 0 Å². The lowest BCUT2D eigenvalue weighted by Crippen LogP contribution is -2.05. The van der Waals surface area contributed by atoms with Crippen molar-refractivity contribution in [1.82, 2.24) is 24.9 Å². The van der Waals surface area contributed by atoms with E-state index in [-0.39, 0.29) is 11.5 Å². The summed E-state index contributed by atoms with van der Waals surface area (Å²) >= 11 is 0. The minimum absolute atomic E-state index is 0.00463. The molecule has 30 heavy (non-hydrogen) atoms. The van der Waals surface area contributed by atoms with E-state index in [2.05, 4.69) is 30.2 Å². The Kier molecular flexibility index (Phi) is 5.56. The smallest absolute Gasteiger partial charge is 0.231 e. The van der Waals surface area contributed by atoms with Gasteiger partial charge in [0.25, 0.3) is 0 Å². The number of phenols is 2. The van der Waals surface area contributed by atoms with E-state index in [1.165, 1.54) is 18.5 Å². The molecule has 0 aliphatic heterocycles. The molecule has 0 aliphatic rings. The maximum absolute atomic E-state index is 9.91. The highest BCUT2D eigenvalue weighted by Gasteiger charge is 2.09. The van der Waals surface area contributed by atoms with Gasteiger partial charge in [0.2, 0.25) is 5.95 Å². The van der Waals surface area contributed by atoms with Crippen LogP contribution in [0.25, 0.3) is 17.6 Å². The van der Waals surface area contributed by atoms with Gasteiger partial charge in [0.05, 0.1) is 0 Å². The normalized spacial score (nSPS) is 10.9. The quantitative estimate of drug-likeness (QED) is 0.450. The van der Waals surface area contributed by atoms with E-state index in [1.54, 1.807) is 24.4 Å². The molecule has 0 saturated carbocycles. The number of benzene rings is 2. The second-order valence-electron chi connectivity index (χ2n) is 6.33. The third-order valence-corrected chi connectivity index (χ3v) is 4.13. The van der Waals surface area contributed by atoms with Gasteiger partial charge in [-0.25, -0.2) is 15.0 Å². The molecular formula is C22H18N6O2. The molecule has 0 aliphatic carbocycles. The largest absolute Gasteiger partial charge is 0.508 e. The number of para-hydroxylation sites is 1. The van der Waals surface area contributed by atoms with Gasteiger partial charge in [0.1, 0.15) is 29.3 Å². The summed E-state index contributed by atoms with van der Waals surface area (Å²) in [6.07, 6.45) is 7.05. The molecule has 0 atom stereocenters. The fourth-order valence-corrected chi connectivity index (χ4v) is 2.72. The highest BCUT2D eigenvalue weighted by molar-refractivity contribution is 5.59. The monoisotopic (exact) mass is 398 g/mol. The van der Waals surface area contributed by atoms with Crippen molar-refractivity contribution < 1.29 is 10.2 Å². The van der Waals surface area contributed by atoms with E-state index in [9.17, 15) is 10.2 Å². The van der Waals surface area contributed by atoms with Crippen molar-refractivity contribution in [3.8, 4) is 23.0 Å². The first-order chi connectivity index (χ1) is 14.7. The van der Waals surface area contributed by atoms with Gasteiger partial charge >= 0.3 is 0 Å². The number of nitrogens with one attached hydrogen (secondary N) is 1. The van der Waals surface area contributed by atoms with Crippen LogP contribution in [0.4, 0.5) is 11.6 Å². The average molecular weight is 398 g/mol. The lowest BCUT2D eigenvalue weighted by molar-refractivity contribution is 0.450. The first-order valence-electron chi connectivity index (χ1n) is 9.19. The fourth-order valence-electron chi connectivity index (χ4n) is 2.72. The SMILES string of the molecule is Oc1ccc(/C=C/Cc2nc(Nc3ccccc3)nc(-c3ccncn3)n2)c(O)c1. The van der Waals surface area contributed by atoms with Crippen molar-refractivity contribution in [2.24, 2.45) is 0 Å². The molecule has 3 N–H and O–H groups in total. The van der Waals surface area contributed by atoms with Gasteiger partial charge < -0.3 is 15.5 Å². The van der Waals surface area contributed by atoms with Crippen LogP contribution in [-0.2, 0) is 6.42 Å². The Hall–Kier alpha value is -4.33. The predicted molar refractivity (Wildman–Crippen MR) is 113 cm³/mol. The molecule has 0 fully saturated rings. The van der Waals surface area contributed by atoms with Crippen LogP contribution in [0.1, 0.15) is 11.4 Å². The molecule has 4 aromatic rings. The summed E-state index contributed by atoms with van der Waals surface area (Å²) in [5, 5.41) is 22.5. The summed E-state index contributed by atoms with van der Waals surface area (Å²) in [6, 6.07) is 15.8. The zero-order chi connectivity index (χ0) is 20.8. The van der Waals surface area contributed by atoms with Gasteiger partial charge in [-0.05, 0) is 30.3 Å². The lowest BCUT2D eigenvalue weighted by Gasteiger charge is -2.08. The Morgan fingerprint density at radius 3 is 2.57 bits per heavy atom. The molecule has 8 heteroatoms. The number of hydrogen-bond donors (Lipinski definition) is 3. The Labute approximate surface area is 172 Å². The van der Waals surface area contributed by atoms with Crippen molar-refractivity contribution in [3.05, 3.63) is 84.6 Å². The van der Waals surface area contributed by atoms with Crippen molar-refractivity contribution in [2.45, 2.75) is 6.42 Å². The number of allylic oxidation sites excluding steroid dienone is 1. The van der Waals surface area contributed by atoms with Crippen LogP contribution in [0, 0.1) is 0 Å². The first-order valence-corrected chi connectivity index (χ1v) is 9.19. The van der Waals surface area contributed by atoms with E-state index in [1.807, 2.05) is 36.4 Å². The number of nitrogens with zero attached hydrogens (tertiary/aromatic N) is 5. The molecule has 8 nitrogen and oxygen atoms in total. The molecule has 0 radical (unpaired) electrons. The van der Waals surface area contributed by atoms with E-state index < -0.39 is 0 Å². The summed E-state index contributed by atoms with van der Waals surface area (Å²) in [4.78, 5) is 21.6. The number of phenolic OH excluding ortho intramolecular Hbond substituents is 2. The molecule has 148 valence electrons. The molecule has 0 unspecified atom stereocenters. The number of aromatic nitrogens is 5. The first kappa shape index (κ1) is 19.0. The van der Waals surface area contributed by atoms with E-state index in [0.717, 1.165) is 5.69 Å². The topological polar surface area (TPSA) is 117 Å². The average Bonchev–Trinajstić information content (AvgIpc) is 2.76. The van der Waals surface area contributed by atoms with Crippen molar-refractivity contribution in [1.29, 1.82) is 0 Å². The van der Waals surface area contributed by atoms with Gasteiger partial charge in [0.15, 0.2) is 5.82 Å². The summed E-state index contributed by atoms with van der Waals surface area (Å²) < 4.78 is 0. The molecule has 0 saturated heterocycles. The maximum atomic E-state index is 9.91. The Bertz CT molecular complexity index is 1170. The molecule has 2 aromatic heterocycles. The highest BCUT2D eigenvalue weighted by atomic mass is 16.3. The van der Waals surface area contributed by atoms with Crippen LogP contribution in [0.2, 0.25) is 0 Å². The van der Waals surface area contributed by atoms with Crippen LogP contribution in [0.3, 0.4) is 0 Å².